The summed E-state index contributed by atoms with van der Waals surface area (Å²) in [6, 6.07) is 0. The summed E-state index contributed by atoms with van der Waals surface area (Å²) in [4.78, 5) is 48.8. The van der Waals surface area contributed by atoms with Crippen LogP contribution < -0.4 is 0 Å². The summed E-state index contributed by atoms with van der Waals surface area (Å²) in [5.74, 6) is -1.56. The molecule has 11 nitrogen and oxygen atoms in total. The van der Waals surface area contributed by atoms with Gasteiger partial charge in [-0.25, -0.2) is 4.57 Å². The Morgan fingerprint density at radius 3 is 0.988 bits per heavy atom. The normalized spacial score (nSPS) is 14.3. The largest absolute Gasteiger partial charge is 0.472 e. The highest BCUT2D eigenvalue weighted by Crippen LogP contribution is 2.43. The number of allylic oxidation sites excluding steroid dienone is 24. The van der Waals surface area contributed by atoms with Crippen molar-refractivity contribution in [3.63, 3.8) is 0 Å². The van der Waals surface area contributed by atoms with Gasteiger partial charge >= 0.3 is 25.7 Å². The number of ether oxygens (including phenoxy) is 3. The third kappa shape index (κ3) is 60.0. The number of hydrogen-bond acceptors (Lipinski definition) is 10. The summed E-state index contributed by atoms with van der Waals surface area (Å²) in [7, 11) is -4.79. The van der Waals surface area contributed by atoms with Crippen molar-refractivity contribution < 1.29 is 52.2 Å². The van der Waals surface area contributed by atoms with E-state index in [9.17, 15) is 28.9 Å². The summed E-state index contributed by atoms with van der Waals surface area (Å²) < 4.78 is 39.6. The zero-order chi connectivity index (χ0) is 59.8. The van der Waals surface area contributed by atoms with Gasteiger partial charge in [0.2, 0.25) is 0 Å². The molecule has 2 N–H and O–H groups in total. The minimum atomic E-state index is -4.79. The van der Waals surface area contributed by atoms with Crippen LogP contribution in [0.4, 0.5) is 0 Å². The molecule has 0 saturated carbocycles. The summed E-state index contributed by atoms with van der Waals surface area (Å²) in [5, 5.41) is 9.85. The highest BCUT2D eigenvalue weighted by molar-refractivity contribution is 7.47. The van der Waals surface area contributed by atoms with Crippen molar-refractivity contribution in [1.82, 2.24) is 0 Å². The van der Waals surface area contributed by atoms with E-state index in [0.717, 1.165) is 141 Å². The Morgan fingerprint density at radius 2 is 0.634 bits per heavy atom. The number of phosphoric acid groups is 1. The molecule has 0 spiro atoms. The summed E-state index contributed by atoms with van der Waals surface area (Å²) in [6.07, 6.45) is 80.8. The van der Waals surface area contributed by atoms with Crippen molar-refractivity contribution in [3.05, 3.63) is 146 Å². The van der Waals surface area contributed by atoms with E-state index < -0.39 is 57.8 Å². The molecule has 0 aromatic carbocycles. The van der Waals surface area contributed by atoms with Crippen molar-refractivity contribution in [2.45, 2.75) is 251 Å². The Labute approximate surface area is 499 Å². The molecule has 464 valence electrons. The fourth-order valence-electron chi connectivity index (χ4n) is 7.97. The van der Waals surface area contributed by atoms with Crippen molar-refractivity contribution in [2.24, 2.45) is 0 Å². The van der Waals surface area contributed by atoms with Crippen LogP contribution in [0.1, 0.15) is 239 Å². The number of rotatable bonds is 57. The average Bonchev–Trinajstić information content (AvgIpc) is 3.47. The minimum Gasteiger partial charge on any atom is -0.462 e. The number of aliphatic hydroxyl groups excluding tert-OH is 1. The monoisotopic (exact) mass is 1160 g/mol. The van der Waals surface area contributed by atoms with Gasteiger partial charge in [-0.3, -0.25) is 23.4 Å². The first-order valence-electron chi connectivity index (χ1n) is 31.7. The van der Waals surface area contributed by atoms with Crippen LogP contribution in [-0.4, -0.2) is 66.5 Å². The zero-order valence-electron chi connectivity index (χ0n) is 51.4. The predicted molar refractivity (Wildman–Crippen MR) is 343 cm³/mol. The molecule has 3 atom stereocenters. The molecule has 0 amide bonds. The SMILES string of the molecule is CC/C=C\C/C=C\C/C=C\C/C=C\C/C=C\CCCCCC(=O)OC(CO)COP(=O)(O)OCC(COC(=O)CCCCCCCCC/C=C\C/C=C\CCCCC)OC(=O)CCCCC/C=C\C/C=C\C/C=C\C/C=C\C/C=C\CC. The number of carbonyl (C=O) groups is 3. The molecule has 12 heteroatoms. The van der Waals surface area contributed by atoms with E-state index in [2.05, 4.69) is 167 Å². The van der Waals surface area contributed by atoms with E-state index in [-0.39, 0.29) is 25.9 Å². The van der Waals surface area contributed by atoms with E-state index >= 15 is 0 Å². The van der Waals surface area contributed by atoms with Gasteiger partial charge in [0, 0.05) is 19.3 Å². The van der Waals surface area contributed by atoms with Crippen LogP contribution in [0.15, 0.2) is 146 Å². The Bertz CT molecular complexity index is 1930. The molecular weight excluding hydrogens is 1050 g/mol. The zero-order valence-corrected chi connectivity index (χ0v) is 52.3. The third-order valence-electron chi connectivity index (χ3n) is 12.7. The summed E-state index contributed by atoms with van der Waals surface area (Å²) in [5.41, 5.74) is 0. The lowest BCUT2D eigenvalue weighted by molar-refractivity contribution is -0.161. The van der Waals surface area contributed by atoms with Gasteiger partial charge in [-0.2, -0.15) is 0 Å². The smallest absolute Gasteiger partial charge is 0.462 e. The van der Waals surface area contributed by atoms with Crippen molar-refractivity contribution >= 4 is 25.7 Å². The topological polar surface area (TPSA) is 155 Å². The first-order chi connectivity index (χ1) is 40.2. The number of hydrogen-bond donors (Lipinski definition) is 2. The van der Waals surface area contributed by atoms with Crippen molar-refractivity contribution in [2.75, 3.05) is 26.4 Å². The quantitative estimate of drug-likeness (QED) is 0.0197. The Morgan fingerprint density at radius 1 is 0.354 bits per heavy atom. The molecule has 3 unspecified atom stereocenters. The van der Waals surface area contributed by atoms with Crippen LogP contribution in [0.3, 0.4) is 0 Å². The molecule has 0 bridgehead atoms. The number of carbonyl (C=O) groups excluding carboxylic acids is 3. The van der Waals surface area contributed by atoms with E-state index in [1.54, 1.807) is 0 Å². The molecule has 0 aromatic rings. The highest BCUT2D eigenvalue weighted by atomic mass is 31.2. The predicted octanol–water partition coefficient (Wildman–Crippen LogP) is 19.5. The van der Waals surface area contributed by atoms with Gasteiger partial charge in [-0.15, -0.1) is 0 Å². The fraction of sp³-hybridized carbons (Fsp3) is 0.614. The maximum atomic E-state index is 13.0. The molecule has 0 aliphatic rings. The van der Waals surface area contributed by atoms with E-state index in [4.69, 9.17) is 23.3 Å². The first-order valence-corrected chi connectivity index (χ1v) is 33.2. The molecule has 0 radical (unpaired) electrons. The van der Waals surface area contributed by atoms with E-state index in [1.165, 1.54) is 38.5 Å². The Hall–Kier alpha value is -4.64. The van der Waals surface area contributed by atoms with Crippen LogP contribution >= 0.6 is 7.82 Å². The van der Waals surface area contributed by atoms with E-state index in [1.807, 2.05) is 0 Å². The fourth-order valence-corrected chi connectivity index (χ4v) is 8.75. The Kier molecular flexibility index (Phi) is 58.9. The molecule has 0 aromatic heterocycles. The molecule has 0 saturated heterocycles. The van der Waals surface area contributed by atoms with Crippen LogP contribution in [0.5, 0.6) is 0 Å². The average molecular weight is 1160 g/mol. The van der Waals surface area contributed by atoms with Crippen LogP contribution in [-0.2, 0) is 42.2 Å². The standard InChI is InChI=1S/C70H113O11P/c1-4-7-10-13-16-19-22-25-28-31-33-36-39-42-45-48-51-54-57-60-69(73)80-66(62-71)64-78-82(75,76)79-65-67(63-77-68(72)59-56-53-50-47-44-41-38-35-30-27-24-21-18-15-12-9-6-3)81-70(74)61-58-55-52-49-46-43-40-37-34-32-29-26-23-20-17-14-11-8-5-2/h7-8,10-11,16-21,25-30,33-34,36-37,42-43,45-46,66-67,71H,4-6,9,12-15,22-24,31-32,35,38-41,44,47-65H2,1-3H3,(H,75,76)/b10-7-,11-8-,19-16-,20-17-,21-18-,28-25-,29-26-,30-27-,36-33-,37-34-,45-42-,46-43-. The third-order valence-corrected chi connectivity index (χ3v) is 13.7. The van der Waals surface area contributed by atoms with Crippen LogP contribution in [0, 0.1) is 0 Å². The molecule has 0 aliphatic carbocycles. The van der Waals surface area contributed by atoms with Gasteiger partial charge in [0.15, 0.2) is 6.10 Å². The van der Waals surface area contributed by atoms with Crippen LogP contribution in [0.25, 0.3) is 0 Å². The summed E-state index contributed by atoms with van der Waals surface area (Å²) >= 11 is 0. The van der Waals surface area contributed by atoms with Gasteiger partial charge in [0.05, 0.1) is 19.8 Å². The van der Waals surface area contributed by atoms with Gasteiger partial charge in [-0.05, 0) is 141 Å². The second kappa shape index (κ2) is 62.4. The minimum absolute atomic E-state index is 0.116. The first kappa shape index (κ1) is 77.4. The number of aliphatic hydroxyl groups is 1. The van der Waals surface area contributed by atoms with Crippen molar-refractivity contribution in [3.8, 4) is 0 Å². The maximum Gasteiger partial charge on any atom is 0.472 e. The lowest BCUT2D eigenvalue weighted by Gasteiger charge is -2.21. The summed E-state index contributed by atoms with van der Waals surface area (Å²) in [6.45, 7) is 4.31. The highest BCUT2D eigenvalue weighted by Gasteiger charge is 2.28. The molecular formula is C70H113O11P. The van der Waals surface area contributed by atoms with Gasteiger partial charge in [0.25, 0.3) is 0 Å². The number of unbranched alkanes of at least 4 members (excludes halogenated alkanes) is 16. The maximum absolute atomic E-state index is 13.0. The second-order valence-electron chi connectivity index (χ2n) is 20.5. The lowest BCUT2D eigenvalue weighted by Crippen LogP contribution is -2.30. The van der Waals surface area contributed by atoms with E-state index in [0.29, 0.717) is 19.3 Å². The molecule has 0 aliphatic heterocycles. The van der Waals surface area contributed by atoms with Crippen molar-refractivity contribution in [1.29, 1.82) is 0 Å². The van der Waals surface area contributed by atoms with Crippen LogP contribution in [0.2, 0.25) is 0 Å². The Balaban J connectivity index is 4.83. The second-order valence-corrected chi connectivity index (χ2v) is 21.9. The molecule has 0 fully saturated rings. The lowest BCUT2D eigenvalue weighted by atomic mass is 10.1. The van der Waals surface area contributed by atoms with Gasteiger partial charge < -0.3 is 24.2 Å². The number of phosphoric ester groups is 1. The van der Waals surface area contributed by atoms with Gasteiger partial charge in [0.1, 0.15) is 12.7 Å². The number of esters is 3. The van der Waals surface area contributed by atoms with Gasteiger partial charge in [-0.1, -0.05) is 224 Å². The molecule has 82 heavy (non-hydrogen) atoms. The molecule has 0 rings (SSSR count). The molecule has 0 heterocycles.